The number of ether oxygens (including phenoxy) is 1. The lowest BCUT2D eigenvalue weighted by atomic mass is 10.2. The zero-order chi connectivity index (χ0) is 10.7. The molecule has 1 saturated heterocycles. The molecular weight excluding hydrogens is 194 g/mol. The van der Waals surface area contributed by atoms with Crippen LogP contribution in [0.1, 0.15) is 10.5 Å². The highest BCUT2D eigenvalue weighted by Crippen LogP contribution is 2.06. The zero-order valence-corrected chi connectivity index (χ0v) is 8.49. The van der Waals surface area contributed by atoms with Gasteiger partial charge in [0.05, 0.1) is 13.2 Å². The number of nitrogens with one attached hydrogen (secondary N) is 2. The molecule has 0 saturated carbocycles. The lowest BCUT2D eigenvalue weighted by Crippen LogP contribution is -2.57. The van der Waals surface area contributed by atoms with Gasteiger partial charge in [-0.15, -0.1) is 0 Å². The van der Waals surface area contributed by atoms with Crippen LogP contribution in [0.4, 0.5) is 0 Å². The molecule has 0 spiro atoms. The van der Waals surface area contributed by atoms with Crippen molar-refractivity contribution in [1.82, 2.24) is 15.6 Å². The summed E-state index contributed by atoms with van der Waals surface area (Å²) in [7, 11) is 1.53. The fraction of sp³-hybridized carbons (Fsp3) is 0.400. The molecule has 0 radical (unpaired) electrons. The number of methoxy groups -OCH3 is 1. The largest absolute Gasteiger partial charge is 0.481 e. The van der Waals surface area contributed by atoms with E-state index in [0.717, 1.165) is 13.1 Å². The Morgan fingerprint density at radius 2 is 2.40 bits per heavy atom. The second-order valence-corrected chi connectivity index (χ2v) is 3.39. The number of pyridine rings is 1. The van der Waals surface area contributed by atoms with E-state index < -0.39 is 0 Å². The first-order valence-corrected chi connectivity index (χ1v) is 4.82. The number of hydrogen-bond acceptors (Lipinski definition) is 4. The molecule has 2 rings (SSSR count). The van der Waals surface area contributed by atoms with Gasteiger partial charge in [-0.2, -0.15) is 0 Å². The third kappa shape index (κ3) is 2.24. The second-order valence-electron chi connectivity index (χ2n) is 3.39. The Labute approximate surface area is 87.8 Å². The Hall–Kier alpha value is -1.62. The van der Waals surface area contributed by atoms with Crippen LogP contribution < -0.4 is 15.4 Å². The summed E-state index contributed by atoms with van der Waals surface area (Å²) in [5, 5.41) is 5.95. The van der Waals surface area contributed by atoms with Gasteiger partial charge in [-0.1, -0.05) is 6.07 Å². The van der Waals surface area contributed by atoms with Crippen LogP contribution >= 0.6 is 0 Å². The molecule has 0 aliphatic carbocycles. The average molecular weight is 207 g/mol. The van der Waals surface area contributed by atoms with Crippen molar-refractivity contribution in [3.8, 4) is 5.88 Å². The predicted molar refractivity (Wildman–Crippen MR) is 54.9 cm³/mol. The van der Waals surface area contributed by atoms with E-state index in [1.807, 2.05) is 0 Å². The highest BCUT2D eigenvalue weighted by molar-refractivity contribution is 5.92. The summed E-state index contributed by atoms with van der Waals surface area (Å²) in [5.41, 5.74) is 0.390. The van der Waals surface area contributed by atoms with Crippen LogP contribution in [0.25, 0.3) is 0 Å². The van der Waals surface area contributed by atoms with Gasteiger partial charge in [-0.05, 0) is 6.07 Å². The van der Waals surface area contributed by atoms with Crippen molar-refractivity contribution >= 4 is 5.91 Å². The van der Waals surface area contributed by atoms with E-state index in [2.05, 4.69) is 15.6 Å². The molecule has 1 fully saturated rings. The molecule has 2 N–H and O–H groups in total. The van der Waals surface area contributed by atoms with E-state index in [1.54, 1.807) is 18.2 Å². The van der Waals surface area contributed by atoms with Gasteiger partial charge in [0.1, 0.15) is 5.69 Å². The third-order valence-electron chi connectivity index (χ3n) is 2.28. The van der Waals surface area contributed by atoms with Crippen LogP contribution in [0.5, 0.6) is 5.88 Å². The lowest BCUT2D eigenvalue weighted by molar-refractivity contribution is 0.0918. The summed E-state index contributed by atoms with van der Waals surface area (Å²) in [6.45, 7) is 1.66. The quantitative estimate of drug-likeness (QED) is 0.720. The zero-order valence-electron chi connectivity index (χ0n) is 8.49. The first kappa shape index (κ1) is 9.92. The minimum absolute atomic E-state index is 0.152. The molecule has 0 bridgehead atoms. The maximum absolute atomic E-state index is 11.7. The Kier molecular flexibility index (Phi) is 2.82. The summed E-state index contributed by atoms with van der Waals surface area (Å²) >= 11 is 0. The van der Waals surface area contributed by atoms with Crippen LogP contribution in [-0.4, -0.2) is 37.1 Å². The predicted octanol–water partition coefficient (Wildman–Crippen LogP) is -0.208. The molecule has 1 aromatic heterocycles. The SMILES string of the molecule is COc1cccc(C(=O)NC2CNC2)n1. The van der Waals surface area contributed by atoms with Crippen LogP contribution in [0.3, 0.4) is 0 Å². The molecule has 5 heteroatoms. The smallest absolute Gasteiger partial charge is 0.270 e. The number of rotatable bonds is 3. The topological polar surface area (TPSA) is 63.2 Å². The number of nitrogens with zero attached hydrogens (tertiary/aromatic N) is 1. The van der Waals surface area contributed by atoms with Crippen LogP contribution in [0, 0.1) is 0 Å². The van der Waals surface area contributed by atoms with Gasteiger partial charge in [0.2, 0.25) is 5.88 Å². The fourth-order valence-corrected chi connectivity index (χ4v) is 1.31. The van der Waals surface area contributed by atoms with Crippen LogP contribution in [-0.2, 0) is 0 Å². The molecule has 1 aromatic rings. The maximum Gasteiger partial charge on any atom is 0.270 e. The van der Waals surface area contributed by atoms with Crippen molar-refractivity contribution < 1.29 is 9.53 Å². The van der Waals surface area contributed by atoms with Gasteiger partial charge in [0, 0.05) is 19.2 Å². The summed E-state index contributed by atoms with van der Waals surface area (Å²) in [6.07, 6.45) is 0. The van der Waals surface area contributed by atoms with Crippen molar-refractivity contribution in [3.05, 3.63) is 23.9 Å². The van der Waals surface area contributed by atoms with Crippen LogP contribution in [0.2, 0.25) is 0 Å². The number of carbonyl (C=O) groups excluding carboxylic acids is 1. The Morgan fingerprint density at radius 3 is 3.00 bits per heavy atom. The van der Waals surface area contributed by atoms with Crippen molar-refractivity contribution in [1.29, 1.82) is 0 Å². The van der Waals surface area contributed by atoms with Gasteiger partial charge in [-0.3, -0.25) is 4.79 Å². The second kappa shape index (κ2) is 4.27. The van der Waals surface area contributed by atoms with E-state index in [-0.39, 0.29) is 11.9 Å². The molecule has 15 heavy (non-hydrogen) atoms. The Morgan fingerprint density at radius 1 is 1.60 bits per heavy atom. The molecule has 5 nitrogen and oxygen atoms in total. The van der Waals surface area contributed by atoms with Crippen molar-refractivity contribution in [2.24, 2.45) is 0 Å². The number of aromatic nitrogens is 1. The Balaban J connectivity index is 2.03. The molecular formula is C10H13N3O2. The standard InChI is InChI=1S/C10H13N3O2/c1-15-9-4-2-3-8(13-9)10(14)12-7-5-11-6-7/h2-4,7,11H,5-6H2,1H3,(H,12,14). The number of carbonyl (C=O) groups is 1. The van der Waals surface area contributed by atoms with Crippen molar-refractivity contribution in [2.75, 3.05) is 20.2 Å². The fourth-order valence-electron chi connectivity index (χ4n) is 1.31. The van der Waals surface area contributed by atoms with E-state index in [0.29, 0.717) is 11.6 Å². The van der Waals surface area contributed by atoms with E-state index in [9.17, 15) is 4.79 Å². The molecule has 2 heterocycles. The highest BCUT2D eigenvalue weighted by atomic mass is 16.5. The first-order chi connectivity index (χ1) is 7.29. The summed E-state index contributed by atoms with van der Waals surface area (Å²) < 4.78 is 4.95. The summed E-state index contributed by atoms with van der Waals surface area (Å²) in [5.74, 6) is 0.301. The first-order valence-electron chi connectivity index (χ1n) is 4.82. The monoisotopic (exact) mass is 207 g/mol. The molecule has 1 amide bonds. The summed E-state index contributed by atoms with van der Waals surface area (Å²) in [4.78, 5) is 15.7. The minimum Gasteiger partial charge on any atom is -0.481 e. The Bertz CT molecular complexity index is 363. The van der Waals surface area contributed by atoms with Crippen LogP contribution in [0.15, 0.2) is 18.2 Å². The third-order valence-corrected chi connectivity index (χ3v) is 2.28. The lowest BCUT2D eigenvalue weighted by Gasteiger charge is -2.27. The maximum atomic E-state index is 11.7. The summed E-state index contributed by atoms with van der Waals surface area (Å²) in [6, 6.07) is 5.36. The highest BCUT2D eigenvalue weighted by Gasteiger charge is 2.20. The molecule has 1 aliphatic rings. The van der Waals surface area contributed by atoms with Gasteiger partial charge >= 0.3 is 0 Å². The molecule has 1 aliphatic heterocycles. The van der Waals surface area contributed by atoms with E-state index in [1.165, 1.54) is 7.11 Å². The normalized spacial score (nSPS) is 15.5. The number of amides is 1. The average Bonchev–Trinajstić information content (AvgIpc) is 2.23. The van der Waals surface area contributed by atoms with Gasteiger partial charge in [0.25, 0.3) is 5.91 Å². The molecule has 0 unspecified atom stereocenters. The molecule has 0 atom stereocenters. The minimum atomic E-state index is -0.152. The van der Waals surface area contributed by atoms with Gasteiger partial charge < -0.3 is 15.4 Å². The number of hydrogen-bond donors (Lipinski definition) is 2. The van der Waals surface area contributed by atoms with E-state index in [4.69, 9.17) is 4.74 Å². The van der Waals surface area contributed by atoms with E-state index >= 15 is 0 Å². The van der Waals surface area contributed by atoms with Gasteiger partial charge in [-0.25, -0.2) is 4.98 Å². The molecule has 0 aromatic carbocycles. The van der Waals surface area contributed by atoms with Crippen molar-refractivity contribution in [3.63, 3.8) is 0 Å². The van der Waals surface area contributed by atoms with Gasteiger partial charge in [0.15, 0.2) is 0 Å². The molecule has 80 valence electrons. The van der Waals surface area contributed by atoms with Crippen molar-refractivity contribution in [2.45, 2.75) is 6.04 Å².